The van der Waals surface area contributed by atoms with Gasteiger partial charge in [0.05, 0.1) is 5.02 Å². The third kappa shape index (κ3) is 3.08. The Morgan fingerprint density at radius 3 is 2.76 bits per heavy atom. The predicted octanol–water partition coefficient (Wildman–Crippen LogP) is 6.58. The van der Waals surface area contributed by atoms with Crippen molar-refractivity contribution >= 4 is 45.9 Å². The molecule has 0 atom stereocenters. The summed E-state index contributed by atoms with van der Waals surface area (Å²) in [6.07, 6.45) is 4.15. The number of benzene rings is 2. The predicted molar refractivity (Wildman–Crippen MR) is 92.9 cm³/mol. The summed E-state index contributed by atoms with van der Waals surface area (Å²) in [5.74, 6) is 0. The van der Waals surface area contributed by atoms with Crippen LogP contribution in [0.3, 0.4) is 0 Å². The molecule has 3 rings (SSSR count). The molecule has 4 heteroatoms. The first kappa shape index (κ1) is 14.8. The van der Waals surface area contributed by atoms with E-state index in [0.717, 1.165) is 38.7 Å². The highest BCUT2D eigenvalue weighted by Gasteiger charge is 2.11. The van der Waals surface area contributed by atoms with Gasteiger partial charge in [0.15, 0.2) is 0 Å². The molecule has 1 N–H and O–H groups in total. The molecular formula is C17H15Cl2NS. The molecule has 1 aromatic heterocycles. The smallest absolute Gasteiger partial charge is 0.0511 e. The second-order valence-corrected chi connectivity index (χ2v) is 6.85. The molecule has 0 fully saturated rings. The molecule has 108 valence electrons. The zero-order chi connectivity index (χ0) is 14.8. The first-order valence-corrected chi connectivity index (χ1v) is 8.48. The van der Waals surface area contributed by atoms with Crippen LogP contribution in [0.5, 0.6) is 0 Å². The lowest BCUT2D eigenvalue weighted by atomic mass is 10.1. The molecule has 0 spiro atoms. The maximum absolute atomic E-state index is 6.34. The lowest BCUT2D eigenvalue weighted by molar-refractivity contribution is 0.901. The van der Waals surface area contributed by atoms with Crippen LogP contribution in [0.4, 0.5) is 0 Å². The molecule has 0 amide bonds. The van der Waals surface area contributed by atoms with Crippen LogP contribution in [0.2, 0.25) is 10.0 Å². The van der Waals surface area contributed by atoms with Crippen LogP contribution in [0.1, 0.15) is 18.9 Å². The molecule has 0 bridgehead atoms. The van der Waals surface area contributed by atoms with Gasteiger partial charge in [-0.2, -0.15) is 0 Å². The van der Waals surface area contributed by atoms with Crippen molar-refractivity contribution in [2.24, 2.45) is 0 Å². The van der Waals surface area contributed by atoms with E-state index in [2.05, 4.69) is 24.0 Å². The Morgan fingerprint density at radius 1 is 1.10 bits per heavy atom. The molecule has 0 saturated carbocycles. The van der Waals surface area contributed by atoms with Gasteiger partial charge < -0.3 is 4.98 Å². The standard InChI is InChI=1S/C17H15Cl2NS/c1-2-4-11-9-12(18)7-8-15(11)21-16-10-20-14-6-3-5-13(19)17(14)16/h3,5-10,20H,2,4H2,1H3. The molecule has 3 aromatic rings. The van der Waals surface area contributed by atoms with E-state index < -0.39 is 0 Å². The minimum atomic E-state index is 0.780. The van der Waals surface area contributed by atoms with Crippen molar-refractivity contribution < 1.29 is 0 Å². The summed E-state index contributed by atoms with van der Waals surface area (Å²) >= 11 is 14.2. The van der Waals surface area contributed by atoms with Crippen molar-refractivity contribution in [2.45, 2.75) is 29.6 Å². The van der Waals surface area contributed by atoms with Gasteiger partial charge in [0.1, 0.15) is 0 Å². The average Bonchev–Trinajstić information content (AvgIpc) is 2.87. The van der Waals surface area contributed by atoms with E-state index in [4.69, 9.17) is 23.2 Å². The van der Waals surface area contributed by atoms with Gasteiger partial charge in [-0.1, -0.05) is 54.4 Å². The number of fused-ring (bicyclic) bond motifs is 1. The van der Waals surface area contributed by atoms with Crippen molar-refractivity contribution in [3.05, 3.63) is 58.2 Å². The van der Waals surface area contributed by atoms with E-state index in [-0.39, 0.29) is 0 Å². The summed E-state index contributed by atoms with van der Waals surface area (Å²) < 4.78 is 0. The van der Waals surface area contributed by atoms with Crippen LogP contribution in [0, 0.1) is 0 Å². The van der Waals surface area contributed by atoms with E-state index >= 15 is 0 Å². The summed E-state index contributed by atoms with van der Waals surface area (Å²) in [6.45, 7) is 2.18. The fourth-order valence-corrected chi connectivity index (χ4v) is 4.05. The molecule has 0 radical (unpaired) electrons. The second-order valence-electron chi connectivity index (χ2n) is 4.92. The molecule has 2 aromatic carbocycles. The van der Waals surface area contributed by atoms with Gasteiger partial charge in [0, 0.05) is 31.9 Å². The molecule has 0 aliphatic carbocycles. The van der Waals surface area contributed by atoms with E-state index in [0.29, 0.717) is 0 Å². The number of H-pyrrole nitrogens is 1. The van der Waals surface area contributed by atoms with E-state index in [1.807, 2.05) is 30.5 Å². The largest absolute Gasteiger partial charge is 0.360 e. The maximum atomic E-state index is 6.34. The fraction of sp³-hybridized carbons (Fsp3) is 0.176. The Morgan fingerprint density at radius 2 is 1.95 bits per heavy atom. The summed E-state index contributed by atoms with van der Waals surface area (Å²) in [4.78, 5) is 5.67. The lowest BCUT2D eigenvalue weighted by Crippen LogP contribution is -1.87. The summed E-state index contributed by atoms with van der Waals surface area (Å²) in [7, 11) is 0. The van der Waals surface area contributed by atoms with Gasteiger partial charge >= 0.3 is 0 Å². The Bertz CT molecular complexity index is 780. The highest BCUT2D eigenvalue weighted by Crippen LogP contribution is 2.39. The normalized spacial score (nSPS) is 11.2. The highest BCUT2D eigenvalue weighted by molar-refractivity contribution is 7.99. The number of aryl methyl sites for hydroxylation is 1. The number of hydrogen-bond donors (Lipinski definition) is 1. The van der Waals surface area contributed by atoms with Crippen LogP contribution in [0.25, 0.3) is 10.9 Å². The van der Waals surface area contributed by atoms with Crippen molar-refractivity contribution in [3.63, 3.8) is 0 Å². The molecule has 0 aliphatic heterocycles. The number of aromatic amines is 1. The zero-order valence-electron chi connectivity index (χ0n) is 11.6. The van der Waals surface area contributed by atoms with E-state index in [9.17, 15) is 0 Å². The van der Waals surface area contributed by atoms with Crippen LogP contribution >= 0.6 is 35.0 Å². The summed E-state index contributed by atoms with van der Waals surface area (Å²) in [6, 6.07) is 12.0. The third-order valence-corrected chi connectivity index (χ3v) is 5.09. The Labute approximate surface area is 138 Å². The van der Waals surface area contributed by atoms with Gasteiger partial charge in [-0.3, -0.25) is 0 Å². The quantitative estimate of drug-likeness (QED) is 0.569. The zero-order valence-corrected chi connectivity index (χ0v) is 13.9. The number of nitrogens with one attached hydrogen (secondary N) is 1. The van der Waals surface area contributed by atoms with Crippen molar-refractivity contribution in [2.75, 3.05) is 0 Å². The molecule has 0 unspecified atom stereocenters. The number of aromatic nitrogens is 1. The van der Waals surface area contributed by atoms with Crippen LogP contribution < -0.4 is 0 Å². The highest BCUT2D eigenvalue weighted by atomic mass is 35.5. The SMILES string of the molecule is CCCc1cc(Cl)ccc1Sc1c[nH]c2cccc(Cl)c12. The molecule has 0 aliphatic rings. The monoisotopic (exact) mass is 335 g/mol. The molecule has 1 heterocycles. The van der Waals surface area contributed by atoms with E-state index in [1.165, 1.54) is 10.5 Å². The summed E-state index contributed by atoms with van der Waals surface area (Å²) in [5, 5.41) is 2.66. The van der Waals surface area contributed by atoms with Gasteiger partial charge in [-0.05, 0) is 42.3 Å². The second kappa shape index (κ2) is 6.35. The van der Waals surface area contributed by atoms with Crippen LogP contribution in [-0.2, 0) is 6.42 Å². The number of hydrogen-bond acceptors (Lipinski definition) is 1. The minimum absolute atomic E-state index is 0.780. The van der Waals surface area contributed by atoms with Gasteiger partial charge in [-0.25, -0.2) is 0 Å². The fourth-order valence-electron chi connectivity index (χ4n) is 2.42. The Kier molecular flexibility index (Phi) is 4.48. The van der Waals surface area contributed by atoms with E-state index in [1.54, 1.807) is 11.8 Å². The van der Waals surface area contributed by atoms with Gasteiger partial charge in [0.2, 0.25) is 0 Å². The number of halogens is 2. The minimum Gasteiger partial charge on any atom is -0.360 e. The average molecular weight is 336 g/mol. The van der Waals surface area contributed by atoms with Crippen molar-refractivity contribution in [1.82, 2.24) is 4.98 Å². The first-order chi connectivity index (χ1) is 10.2. The third-order valence-electron chi connectivity index (χ3n) is 3.38. The number of rotatable bonds is 4. The maximum Gasteiger partial charge on any atom is 0.0511 e. The molecule has 1 nitrogen and oxygen atoms in total. The molecule has 21 heavy (non-hydrogen) atoms. The van der Waals surface area contributed by atoms with Crippen LogP contribution in [-0.4, -0.2) is 4.98 Å². The van der Waals surface area contributed by atoms with Gasteiger partial charge in [-0.15, -0.1) is 0 Å². The molecule has 0 saturated heterocycles. The first-order valence-electron chi connectivity index (χ1n) is 6.91. The van der Waals surface area contributed by atoms with Crippen molar-refractivity contribution in [3.8, 4) is 0 Å². The molecular weight excluding hydrogens is 321 g/mol. The Hall–Kier alpha value is -1.09. The van der Waals surface area contributed by atoms with Crippen molar-refractivity contribution in [1.29, 1.82) is 0 Å². The topological polar surface area (TPSA) is 15.8 Å². The summed E-state index contributed by atoms with van der Waals surface area (Å²) in [5.41, 5.74) is 2.35. The van der Waals surface area contributed by atoms with Gasteiger partial charge in [0.25, 0.3) is 0 Å². The Balaban J connectivity index is 2.03. The van der Waals surface area contributed by atoms with Crippen LogP contribution in [0.15, 0.2) is 52.4 Å². The lowest BCUT2D eigenvalue weighted by Gasteiger charge is -2.09.